The standard InChI is InChI=1S/C20H19Cl2FN6O2/c1-29(2)6-5-24-20-26-9-12(10-27-20)28-19(31)15-7-11(8-25-15)18(30)16-13(21)3-4-14(22)17(16)23/h3-4,7-10,25H,5-6H2,1-2H3,(H,28,31)(H,24,26,27). The highest BCUT2D eigenvalue weighted by Gasteiger charge is 2.22. The molecule has 0 atom stereocenters. The van der Waals surface area contributed by atoms with Crippen LogP contribution in [-0.4, -0.2) is 58.7 Å². The van der Waals surface area contributed by atoms with E-state index in [1.807, 2.05) is 19.0 Å². The topological polar surface area (TPSA) is 103 Å². The Balaban J connectivity index is 1.67. The Kier molecular flexibility index (Phi) is 7.21. The average Bonchev–Trinajstić information content (AvgIpc) is 3.22. The molecule has 0 spiro atoms. The molecule has 3 N–H and O–H groups in total. The molecule has 2 heterocycles. The number of halogens is 3. The highest BCUT2D eigenvalue weighted by atomic mass is 35.5. The van der Waals surface area contributed by atoms with Crippen molar-refractivity contribution in [1.29, 1.82) is 0 Å². The third kappa shape index (κ3) is 5.57. The van der Waals surface area contributed by atoms with Crippen LogP contribution in [0.25, 0.3) is 0 Å². The van der Waals surface area contributed by atoms with Gasteiger partial charge in [0, 0.05) is 24.8 Å². The predicted octanol–water partition coefficient (Wildman–Crippen LogP) is 3.71. The number of anilines is 2. The molecule has 0 saturated heterocycles. The molecule has 0 bridgehead atoms. The van der Waals surface area contributed by atoms with Gasteiger partial charge < -0.3 is 20.5 Å². The Morgan fingerprint density at radius 2 is 1.84 bits per heavy atom. The van der Waals surface area contributed by atoms with E-state index in [9.17, 15) is 14.0 Å². The summed E-state index contributed by atoms with van der Waals surface area (Å²) in [5.74, 6) is -1.69. The van der Waals surface area contributed by atoms with E-state index in [2.05, 4.69) is 25.6 Å². The highest BCUT2D eigenvalue weighted by molar-refractivity contribution is 6.37. The minimum absolute atomic E-state index is 0.0601. The van der Waals surface area contributed by atoms with Crippen molar-refractivity contribution in [2.24, 2.45) is 0 Å². The average molecular weight is 465 g/mol. The summed E-state index contributed by atoms with van der Waals surface area (Å²) in [5.41, 5.74) is 0.167. The molecule has 0 radical (unpaired) electrons. The first-order valence-corrected chi connectivity index (χ1v) is 9.90. The Labute approximate surface area is 187 Å². The molecule has 162 valence electrons. The summed E-state index contributed by atoms with van der Waals surface area (Å²) >= 11 is 11.7. The van der Waals surface area contributed by atoms with Gasteiger partial charge in [-0.05, 0) is 32.3 Å². The molecule has 11 heteroatoms. The van der Waals surface area contributed by atoms with E-state index in [-0.39, 0.29) is 26.9 Å². The van der Waals surface area contributed by atoms with Gasteiger partial charge in [-0.25, -0.2) is 14.4 Å². The van der Waals surface area contributed by atoms with Gasteiger partial charge in [-0.15, -0.1) is 0 Å². The number of rotatable bonds is 8. The molecule has 0 aliphatic rings. The third-order valence-corrected chi connectivity index (χ3v) is 4.82. The maximum atomic E-state index is 14.3. The number of likely N-dealkylation sites (N-methyl/N-ethyl adjacent to an activating group) is 1. The molecule has 3 aromatic rings. The van der Waals surface area contributed by atoms with E-state index in [1.165, 1.54) is 36.8 Å². The van der Waals surface area contributed by atoms with Gasteiger partial charge in [-0.3, -0.25) is 9.59 Å². The number of benzene rings is 1. The van der Waals surface area contributed by atoms with Crippen LogP contribution < -0.4 is 10.6 Å². The predicted molar refractivity (Wildman–Crippen MR) is 118 cm³/mol. The lowest BCUT2D eigenvalue weighted by atomic mass is 10.0. The van der Waals surface area contributed by atoms with Crippen LogP contribution in [-0.2, 0) is 0 Å². The van der Waals surface area contributed by atoms with Crippen LogP contribution in [0, 0.1) is 5.82 Å². The van der Waals surface area contributed by atoms with E-state index >= 15 is 0 Å². The van der Waals surface area contributed by atoms with Gasteiger partial charge >= 0.3 is 0 Å². The Bertz CT molecular complexity index is 1100. The first-order chi connectivity index (χ1) is 14.8. The lowest BCUT2D eigenvalue weighted by Crippen LogP contribution is -2.21. The lowest BCUT2D eigenvalue weighted by molar-refractivity contribution is 0.102. The zero-order chi connectivity index (χ0) is 22.5. The number of nitrogens with one attached hydrogen (secondary N) is 3. The van der Waals surface area contributed by atoms with Crippen molar-refractivity contribution < 1.29 is 14.0 Å². The van der Waals surface area contributed by atoms with Crippen LogP contribution in [0.2, 0.25) is 10.0 Å². The fourth-order valence-electron chi connectivity index (χ4n) is 2.61. The van der Waals surface area contributed by atoms with Crippen LogP contribution in [0.1, 0.15) is 26.4 Å². The first kappa shape index (κ1) is 22.7. The van der Waals surface area contributed by atoms with Crippen LogP contribution in [0.3, 0.4) is 0 Å². The summed E-state index contributed by atoms with van der Waals surface area (Å²) in [6, 6.07) is 3.89. The molecule has 0 saturated carbocycles. The van der Waals surface area contributed by atoms with Crippen LogP contribution >= 0.6 is 23.2 Å². The molecule has 0 fully saturated rings. The van der Waals surface area contributed by atoms with Crippen LogP contribution in [0.15, 0.2) is 36.8 Å². The van der Waals surface area contributed by atoms with Crippen molar-refractivity contribution in [1.82, 2.24) is 19.9 Å². The smallest absolute Gasteiger partial charge is 0.272 e. The van der Waals surface area contributed by atoms with E-state index in [0.717, 1.165) is 6.54 Å². The maximum absolute atomic E-state index is 14.3. The van der Waals surface area contributed by atoms with Gasteiger partial charge in [-0.1, -0.05) is 23.2 Å². The molecule has 8 nitrogen and oxygen atoms in total. The molecule has 2 aromatic heterocycles. The van der Waals surface area contributed by atoms with E-state index in [1.54, 1.807) is 0 Å². The number of carbonyl (C=O) groups excluding carboxylic acids is 2. The molecule has 1 amide bonds. The summed E-state index contributed by atoms with van der Waals surface area (Å²) in [7, 11) is 3.92. The fraction of sp³-hybridized carbons (Fsp3) is 0.200. The molecule has 3 rings (SSSR count). The van der Waals surface area contributed by atoms with Gasteiger partial charge in [0.25, 0.3) is 5.91 Å². The van der Waals surface area contributed by atoms with Gasteiger partial charge in [0.2, 0.25) is 5.95 Å². The Morgan fingerprint density at radius 3 is 2.52 bits per heavy atom. The number of H-pyrrole nitrogens is 1. The molecular weight excluding hydrogens is 446 g/mol. The monoisotopic (exact) mass is 464 g/mol. The normalized spacial score (nSPS) is 10.9. The number of hydrogen-bond acceptors (Lipinski definition) is 6. The molecule has 1 aromatic carbocycles. The minimum Gasteiger partial charge on any atom is -0.356 e. The van der Waals surface area contributed by atoms with Crippen molar-refractivity contribution >= 4 is 46.5 Å². The SMILES string of the molecule is CN(C)CCNc1ncc(NC(=O)c2cc(C(=O)c3c(Cl)ccc(Cl)c3F)c[nH]2)cn1. The van der Waals surface area contributed by atoms with Gasteiger partial charge in [0.05, 0.1) is 33.7 Å². The first-order valence-electron chi connectivity index (χ1n) is 9.15. The Morgan fingerprint density at radius 1 is 1.16 bits per heavy atom. The number of amides is 1. The van der Waals surface area contributed by atoms with Crippen LogP contribution in [0.5, 0.6) is 0 Å². The molecule has 0 unspecified atom stereocenters. The highest BCUT2D eigenvalue weighted by Crippen LogP contribution is 2.28. The number of aromatic nitrogens is 3. The van der Waals surface area contributed by atoms with E-state index in [4.69, 9.17) is 23.2 Å². The lowest BCUT2D eigenvalue weighted by Gasteiger charge is -2.10. The number of aromatic amines is 1. The summed E-state index contributed by atoms with van der Waals surface area (Å²) in [6.45, 7) is 1.50. The second-order valence-electron chi connectivity index (χ2n) is 6.83. The molecular formula is C20H19Cl2FN6O2. The van der Waals surface area contributed by atoms with Crippen molar-refractivity contribution in [2.75, 3.05) is 37.8 Å². The third-order valence-electron chi connectivity index (χ3n) is 4.21. The number of carbonyl (C=O) groups is 2. The zero-order valence-electron chi connectivity index (χ0n) is 16.7. The molecule has 0 aliphatic heterocycles. The maximum Gasteiger partial charge on any atom is 0.272 e. The van der Waals surface area contributed by atoms with Crippen molar-refractivity contribution in [3.8, 4) is 0 Å². The van der Waals surface area contributed by atoms with Crippen molar-refractivity contribution in [3.05, 3.63) is 69.5 Å². The minimum atomic E-state index is -0.914. The summed E-state index contributed by atoms with van der Waals surface area (Å²) in [6.07, 6.45) is 4.21. The molecule has 0 aliphatic carbocycles. The zero-order valence-corrected chi connectivity index (χ0v) is 18.2. The Hall–Kier alpha value is -3.01. The van der Waals surface area contributed by atoms with Gasteiger partial charge in [-0.2, -0.15) is 0 Å². The van der Waals surface area contributed by atoms with Crippen molar-refractivity contribution in [2.45, 2.75) is 0 Å². The van der Waals surface area contributed by atoms with E-state index < -0.39 is 17.5 Å². The summed E-state index contributed by atoms with van der Waals surface area (Å²) in [4.78, 5) is 38.1. The largest absolute Gasteiger partial charge is 0.356 e. The fourth-order valence-corrected chi connectivity index (χ4v) is 3.00. The second kappa shape index (κ2) is 9.86. The quantitative estimate of drug-likeness (QED) is 0.346. The number of hydrogen-bond donors (Lipinski definition) is 3. The second-order valence-corrected chi connectivity index (χ2v) is 7.64. The number of ketones is 1. The van der Waals surface area contributed by atoms with Crippen molar-refractivity contribution in [3.63, 3.8) is 0 Å². The summed E-state index contributed by atoms with van der Waals surface area (Å²) in [5, 5.41) is 5.39. The van der Waals surface area contributed by atoms with Gasteiger partial charge in [0.1, 0.15) is 5.69 Å². The van der Waals surface area contributed by atoms with E-state index in [0.29, 0.717) is 18.2 Å². The van der Waals surface area contributed by atoms with Gasteiger partial charge in [0.15, 0.2) is 11.6 Å². The van der Waals surface area contributed by atoms with Crippen LogP contribution in [0.4, 0.5) is 16.0 Å². The number of nitrogens with zero attached hydrogens (tertiary/aromatic N) is 3. The summed E-state index contributed by atoms with van der Waals surface area (Å²) < 4.78 is 14.3. The molecule has 31 heavy (non-hydrogen) atoms.